The first-order valence-electron chi connectivity index (χ1n) is 5.04. The molecule has 0 aliphatic rings. The Kier molecular flexibility index (Phi) is 5.31. The predicted octanol–water partition coefficient (Wildman–Crippen LogP) is 2.50. The van der Waals surface area contributed by atoms with Crippen molar-refractivity contribution >= 4 is 7.60 Å². The molecule has 2 unspecified atom stereocenters. The number of hydrogen-bond donors (Lipinski definition) is 2. The Morgan fingerprint density at radius 1 is 1.36 bits per heavy atom. The van der Waals surface area contributed by atoms with E-state index < -0.39 is 12.9 Å². The van der Waals surface area contributed by atoms with Crippen LogP contribution < -0.4 is 0 Å². The Labute approximate surface area is 85.8 Å². The van der Waals surface area contributed by atoms with E-state index in [0.717, 1.165) is 0 Å². The van der Waals surface area contributed by atoms with Crippen LogP contribution in [0.5, 0.6) is 0 Å². The standard InChI is InChI=1S/C9H21O4P/c1-5-8(6-2)13-14(11,12)9(4,10)7-3/h8,10H,5-7H2,1-4H3,(H,11,12). The molecule has 0 heterocycles. The van der Waals surface area contributed by atoms with Crippen LogP contribution in [0, 0.1) is 0 Å². The van der Waals surface area contributed by atoms with Crippen LogP contribution in [-0.2, 0) is 9.09 Å². The van der Waals surface area contributed by atoms with Gasteiger partial charge in [0.25, 0.3) is 0 Å². The maximum atomic E-state index is 11.7. The Morgan fingerprint density at radius 2 is 1.79 bits per heavy atom. The number of hydrogen-bond acceptors (Lipinski definition) is 3. The van der Waals surface area contributed by atoms with Crippen LogP contribution in [0.1, 0.15) is 47.0 Å². The first-order valence-corrected chi connectivity index (χ1v) is 6.62. The summed E-state index contributed by atoms with van der Waals surface area (Å²) < 4.78 is 16.7. The molecule has 0 radical (unpaired) electrons. The van der Waals surface area contributed by atoms with Crippen LogP contribution in [0.15, 0.2) is 0 Å². The molecular weight excluding hydrogens is 203 g/mol. The lowest BCUT2D eigenvalue weighted by Crippen LogP contribution is -2.26. The van der Waals surface area contributed by atoms with Crippen LogP contribution in [-0.4, -0.2) is 21.4 Å². The molecule has 14 heavy (non-hydrogen) atoms. The summed E-state index contributed by atoms with van der Waals surface area (Å²) in [5.41, 5.74) is 0. The summed E-state index contributed by atoms with van der Waals surface area (Å²) in [6.07, 6.45) is 1.27. The van der Waals surface area contributed by atoms with Gasteiger partial charge in [0.15, 0.2) is 5.34 Å². The highest BCUT2D eigenvalue weighted by Gasteiger charge is 2.42. The zero-order valence-corrected chi connectivity index (χ0v) is 10.3. The van der Waals surface area contributed by atoms with Crippen molar-refractivity contribution in [2.45, 2.75) is 58.4 Å². The first-order chi connectivity index (χ1) is 6.30. The molecule has 0 aromatic carbocycles. The van der Waals surface area contributed by atoms with Crippen LogP contribution in [0.25, 0.3) is 0 Å². The van der Waals surface area contributed by atoms with Crippen molar-refractivity contribution in [3.8, 4) is 0 Å². The Balaban J connectivity index is 4.55. The minimum atomic E-state index is -3.93. The maximum absolute atomic E-state index is 11.7. The van der Waals surface area contributed by atoms with E-state index in [-0.39, 0.29) is 12.5 Å². The van der Waals surface area contributed by atoms with Crippen molar-refractivity contribution in [2.75, 3.05) is 0 Å². The van der Waals surface area contributed by atoms with Gasteiger partial charge in [-0.3, -0.25) is 4.57 Å². The van der Waals surface area contributed by atoms with E-state index in [1.54, 1.807) is 6.92 Å². The second-order valence-electron chi connectivity index (χ2n) is 3.63. The second-order valence-corrected chi connectivity index (χ2v) is 5.85. The van der Waals surface area contributed by atoms with Gasteiger partial charge in [0.05, 0.1) is 6.10 Å². The molecule has 0 aromatic rings. The third-order valence-corrected chi connectivity index (χ3v) is 4.60. The molecule has 0 spiro atoms. The van der Waals surface area contributed by atoms with E-state index in [0.29, 0.717) is 12.8 Å². The van der Waals surface area contributed by atoms with E-state index in [4.69, 9.17) is 4.52 Å². The SMILES string of the molecule is CCC(CC)OP(=O)(O)C(C)(O)CC. The summed E-state index contributed by atoms with van der Waals surface area (Å²) in [4.78, 5) is 9.56. The van der Waals surface area contributed by atoms with E-state index >= 15 is 0 Å². The van der Waals surface area contributed by atoms with Gasteiger partial charge in [-0.25, -0.2) is 0 Å². The molecule has 0 aliphatic heterocycles. The minimum Gasteiger partial charge on any atom is -0.378 e. The van der Waals surface area contributed by atoms with Gasteiger partial charge in [0.2, 0.25) is 0 Å². The predicted molar refractivity (Wildman–Crippen MR) is 56.2 cm³/mol. The summed E-state index contributed by atoms with van der Waals surface area (Å²) >= 11 is 0. The van der Waals surface area contributed by atoms with Gasteiger partial charge in [0.1, 0.15) is 0 Å². The molecule has 0 amide bonds. The summed E-state index contributed by atoms with van der Waals surface area (Å²) in [5, 5.41) is 8.01. The van der Waals surface area contributed by atoms with Crippen molar-refractivity contribution in [1.82, 2.24) is 0 Å². The van der Waals surface area contributed by atoms with E-state index in [1.807, 2.05) is 13.8 Å². The van der Waals surface area contributed by atoms with Crippen LogP contribution >= 0.6 is 7.60 Å². The summed E-state index contributed by atoms with van der Waals surface area (Å²) in [5.74, 6) is 0. The lowest BCUT2D eigenvalue weighted by Gasteiger charge is -2.29. The molecule has 2 atom stereocenters. The average molecular weight is 224 g/mol. The highest BCUT2D eigenvalue weighted by atomic mass is 31.2. The van der Waals surface area contributed by atoms with Crippen molar-refractivity contribution in [3.05, 3.63) is 0 Å². The fourth-order valence-corrected chi connectivity index (χ4v) is 2.28. The van der Waals surface area contributed by atoms with E-state index in [1.165, 1.54) is 6.92 Å². The summed E-state index contributed by atoms with van der Waals surface area (Å²) in [6, 6.07) is 0. The first kappa shape index (κ1) is 14.1. The third kappa shape index (κ3) is 3.35. The highest BCUT2D eigenvalue weighted by molar-refractivity contribution is 7.54. The second kappa shape index (κ2) is 5.26. The zero-order valence-electron chi connectivity index (χ0n) is 9.36. The van der Waals surface area contributed by atoms with Gasteiger partial charge in [-0.1, -0.05) is 20.8 Å². The molecule has 86 valence electrons. The molecule has 5 heteroatoms. The zero-order chi connectivity index (χ0) is 11.4. The normalized spacial score (nSPS) is 20.5. The fourth-order valence-electron chi connectivity index (χ4n) is 0.953. The Bertz CT molecular complexity index is 211. The largest absolute Gasteiger partial charge is 0.378 e. The molecule has 0 saturated carbocycles. The lowest BCUT2D eigenvalue weighted by atomic mass is 10.2. The summed E-state index contributed by atoms with van der Waals surface area (Å²) in [7, 11) is -3.93. The maximum Gasteiger partial charge on any atom is 0.359 e. The van der Waals surface area contributed by atoms with Crippen LogP contribution in [0.3, 0.4) is 0 Å². The van der Waals surface area contributed by atoms with Gasteiger partial charge in [0, 0.05) is 0 Å². The van der Waals surface area contributed by atoms with Gasteiger partial charge >= 0.3 is 7.60 Å². The van der Waals surface area contributed by atoms with Crippen molar-refractivity contribution < 1.29 is 19.1 Å². The molecule has 0 aliphatic carbocycles. The Hall–Kier alpha value is 0.110. The van der Waals surface area contributed by atoms with Crippen molar-refractivity contribution in [3.63, 3.8) is 0 Å². The van der Waals surface area contributed by atoms with Gasteiger partial charge in [-0.15, -0.1) is 0 Å². The molecule has 0 bridgehead atoms. The molecule has 0 aromatic heterocycles. The fraction of sp³-hybridized carbons (Fsp3) is 1.00. The van der Waals surface area contributed by atoms with Crippen molar-refractivity contribution in [1.29, 1.82) is 0 Å². The topological polar surface area (TPSA) is 66.8 Å². The average Bonchev–Trinajstić information content (AvgIpc) is 2.13. The number of rotatable bonds is 6. The molecular formula is C9H21O4P. The quantitative estimate of drug-likeness (QED) is 0.680. The lowest BCUT2D eigenvalue weighted by molar-refractivity contribution is 0.0701. The summed E-state index contributed by atoms with van der Waals surface area (Å²) in [6.45, 7) is 6.75. The molecule has 4 nitrogen and oxygen atoms in total. The molecule has 0 rings (SSSR count). The number of aliphatic hydroxyl groups is 1. The van der Waals surface area contributed by atoms with E-state index in [2.05, 4.69) is 0 Å². The minimum absolute atomic E-state index is 0.195. The van der Waals surface area contributed by atoms with Crippen molar-refractivity contribution in [2.24, 2.45) is 0 Å². The monoisotopic (exact) mass is 224 g/mol. The van der Waals surface area contributed by atoms with Crippen LogP contribution in [0.4, 0.5) is 0 Å². The van der Waals surface area contributed by atoms with Gasteiger partial charge in [-0.05, 0) is 26.2 Å². The van der Waals surface area contributed by atoms with E-state index in [9.17, 15) is 14.6 Å². The van der Waals surface area contributed by atoms with Crippen LogP contribution in [0.2, 0.25) is 0 Å². The molecule has 2 N–H and O–H groups in total. The molecule has 0 fully saturated rings. The van der Waals surface area contributed by atoms with Gasteiger partial charge < -0.3 is 14.5 Å². The van der Waals surface area contributed by atoms with Gasteiger partial charge in [-0.2, -0.15) is 0 Å². The smallest absolute Gasteiger partial charge is 0.359 e. The third-order valence-electron chi connectivity index (χ3n) is 2.48. The molecule has 0 saturated heterocycles. The Morgan fingerprint density at radius 3 is 2.07 bits per heavy atom. The highest BCUT2D eigenvalue weighted by Crippen LogP contribution is 2.56.